The van der Waals surface area contributed by atoms with Crippen LogP contribution in [0.4, 0.5) is 0 Å². The predicted molar refractivity (Wildman–Crippen MR) is 69.6 cm³/mol. The molecule has 0 spiro atoms. The zero-order valence-electron chi connectivity index (χ0n) is 10.9. The molecule has 0 unspecified atom stereocenters. The molecule has 1 aromatic carbocycles. The van der Waals surface area contributed by atoms with Crippen molar-refractivity contribution in [2.75, 3.05) is 0 Å². The number of rotatable bonds is 5. The Morgan fingerprint density at radius 1 is 1.42 bits per heavy atom. The molecule has 5 nitrogen and oxygen atoms in total. The van der Waals surface area contributed by atoms with Crippen LogP contribution in [-0.4, -0.2) is 10.1 Å². The molecule has 0 aliphatic heterocycles. The first-order chi connectivity index (χ1) is 9.24. The van der Waals surface area contributed by atoms with Crippen molar-refractivity contribution in [2.24, 2.45) is 5.73 Å². The van der Waals surface area contributed by atoms with Gasteiger partial charge in [0, 0.05) is 17.5 Å². The van der Waals surface area contributed by atoms with Gasteiger partial charge in [-0.1, -0.05) is 23.4 Å². The minimum Gasteiger partial charge on any atom is -0.485 e. The molecular weight excluding hydrogens is 242 g/mol. The summed E-state index contributed by atoms with van der Waals surface area (Å²) in [4.78, 5) is 4.33. The monoisotopic (exact) mass is 259 g/mol. The summed E-state index contributed by atoms with van der Waals surface area (Å²) in [6, 6.07) is 7.67. The number of aromatic nitrogens is 2. The van der Waals surface area contributed by atoms with Crippen molar-refractivity contribution in [3.05, 3.63) is 41.5 Å². The molecule has 1 heterocycles. The van der Waals surface area contributed by atoms with E-state index >= 15 is 0 Å². The fourth-order valence-corrected chi connectivity index (χ4v) is 1.95. The Balaban J connectivity index is 1.67. The van der Waals surface area contributed by atoms with Gasteiger partial charge in [-0.3, -0.25) is 0 Å². The number of para-hydroxylation sites is 1. The van der Waals surface area contributed by atoms with Gasteiger partial charge in [0.25, 0.3) is 0 Å². The molecule has 0 bridgehead atoms. The molecule has 2 N–H and O–H groups in total. The second-order valence-electron chi connectivity index (χ2n) is 4.94. The first kappa shape index (κ1) is 12.2. The van der Waals surface area contributed by atoms with Crippen LogP contribution in [0.15, 0.2) is 28.8 Å². The molecular formula is C14H17N3O2. The summed E-state index contributed by atoms with van der Waals surface area (Å²) in [5.41, 5.74) is 6.89. The fraction of sp³-hybridized carbons (Fsp3) is 0.429. The van der Waals surface area contributed by atoms with E-state index in [0.29, 0.717) is 18.3 Å². The summed E-state index contributed by atoms with van der Waals surface area (Å²) in [6.07, 6.45) is 2.30. The number of nitrogens with two attached hydrogens (primary N) is 1. The summed E-state index contributed by atoms with van der Waals surface area (Å²) >= 11 is 0. The van der Waals surface area contributed by atoms with Crippen LogP contribution < -0.4 is 10.5 Å². The number of hydrogen-bond donors (Lipinski definition) is 1. The minimum absolute atomic E-state index is 0.0662. The Morgan fingerprint density at radius 2 is 2.21 bits per heavy atom. The van der Waals surface area contributed by atoms with Crippen LogP contribution in [0.3, 0.4) is 0 Å². The smallest absolute Gasteiger partial charge is 0.229 e. The number of benzene rings is 1. The molecule has 3 rings (SSSR count). The molecule has 1 aliphatic carbocycles. The van der Waals surface area contributed by atoms with E-state index in [9.17, 15) is 0 Å². The largest absolute Gasteiger partial charge is 0.485 e. The molecule has 5 heteroatoms. The van der Waals surface area contributed by atoms with E-state index in [0.717, 1.165) is 30.0 Å². The van der Waals surface area contributed by atoms with Gasteiger partial charge in [0.15, 0.2) is 6.61 Å². The van der Waals surface area contributed by atoms with Gasteiger partial charge in [-0.2, -0.15) is 4.98 Å². The van der Waals surface area contributed by atoms with Crippen molar-refractivity contribution in [3.63, 3.8) is 0 Å². The number of hydrogen-bond acceptors (Lipinski definition) is 5. The minimum atomic E-state index is -0.0662. The van der Waals surface area contributed by atoms with Gasteiger partial charge in [-0.25, -0.2) is 0 Å². The average molecular weight is 259 g/mol. The molecule has 1 saturated carbocycles. The van der Waals surface area contributed by atoms with Crippen molar-refractivity contribution >= 4 is 0 Å². The van der Waals surface area contributed by atoms with Gasteiger partial charge in [0.1, 0.15) is 5.75 Å². The van der Waals surface area contributed by atoms with Crippen LogP contribution in [0, 0.1) is 0 Å². The van der Waals surface area contributed by atoms with Crippen molar-refractivity contribution in [2.45, 2.75) is 38.3 Å². The Kier molecular flexibility index (Phi) is 3.21. The highest BCUT2D eigenvalue weighted by molar-refractivity contribution is 5.35. The lowest BCUT2D eigenvalue weighted by atomic mass is 10.1. The Labute approximate surface area is 111 Å². The SMILES string of the molecule is C[C@H](N)c1ccccc1OCc1noc(C2CC2)n1. The van der Waals surface area contributed by atoms with Crippen LogP contribution in [0.2, 0.25) is 0 Å². The molecule has 1 aromatic heterocycles. The maximum Gasteiger partial charge on any atom is 0.229 e. The molecule has 0 radical (unpaired) electrons. The predicted octanol–water partition coefficient (Wildman–Crippen LogP) is 2.55. The molecule has 1 fully saturated rings. The third kappa shape index (κ3) is 2.76. The quantitative estimate of drug-likeness (QED) is 0.893. The van der Waals surface area contributed by atoms with Crippen LogP contribution in [0.5, 0.6) is 5.75 Å². The molecule has 1 aliphatic rings. The third-order valence-corrected chi connectivity index (χ3v) is 3.18. The highest BCUT2D eigenvalue weighted by Gasteiger charge is 2.29. The van der Waals surface area contributed by atoms with Crippen LogP contribution in [0.1, 0.15) is 49.0 Å². The highest BCUT2D eigenvalue weighted by Crippen LogP contribution is 2.38. The van der Waals surface area contributed by atoms with E-state index in [4.69, 9.17) is 15.0 Å². The van der Waals surface area contributed by atoms with Gasteiger partial charge in [-0.15, -0.1) is 0 Å². The maximum absolute atomic E-state index is 5.91. The number of nitrogens with zero attached hydrogens (tertiary/aromatic N) is 2. The summed E-state index contributed by atoms with van der Waals surface area (Å²) in [5, 5.41) is 3.92. The molecule has 19 heavy (non-hydrogen) atoms. The molecule has 1 atom stereocenters. The molecule has 100 valence electrons. The second-order valence-corrected chi connectivity index (χ2v) is 4.94. The Hall–Kier alpha value is -1.88. The van der Waals surface area contributed by atoms with Crippen molar-refractivity contribution in [3.8, 4) is 5.75 Å². The lowest BCUT2D eigenvalue weighted by Gasteiger charge is -2.12. The van der Waals surface area contributed by atoms with E-state index in [1.54, 1.807) is 0 Å². The zero-order chi connectivity index (χ0) is 13.2. The third-order valence-electron chi connectivity index (χ3n) is 3.18. The number of ether oxygens (including phenoxy) is 1. The first-order valence-electron chi connectivity index (χ1n) is 6.54. The van der Waals surface area contributed by atoms with Gasteiger partial charge in [-0.05, 0) is 25.8 Å². The average Bonchev–Trinajstić information content (AvgIpc) is 3.16. The molecule has 0 amide bonds. The zero-order valence-corrected chi connectivity index (χ0v) is 10.9. The maximum atomic E-state index is 5.91. The van der Waals surface area contributed by atoms with Gasteiger partial charge >= 0.3 is 0 Å². The van der Waals surface area contributed by atoms with Crippen molar-refractivity contribution in [1.82, 2.24) is 10.1 Å². The van der Waals surface area contributed by atoms with Gasteiger partial charge in [0.2, 0.25) is 11.7 Å². The topological polar surface area (TPSA) is 74.2 Å². The van der Waals surface area contributed by atoms with E-state index < -0.39 is 0 Å². The standard InChI is InChI=1S/C14H17N3O2/c1-9(15)11-4-2-3-5-12(11)18-8-13-16-14(19-17-13)10-6-7-10/h2-5,9-10H,6-8,15H2,1H3/t9-/m0/s1. The normalized spacial score (nSPS) is 16.3. The van der Waals surface area contributed by atoms with E-state index in [2.05, 4.69) is 10.1 Å². The van der Waals surface area contributed by atoms with E-state index in [-0.39, 0.29) is 6.04 Å². The lowest BCUT2D eigenvalue weighted by Crippen LogP contribution is -2.08. The van der Waals surface area contributed by atoms with Crippen molar-refractivity contribution in [1.29, 1.82) is 0 Å². The summed E-state index contributed by atoms with van der Waals surface area (Å²) in [5.74, 6) is 2.56. The first-order valence-corrected chi connectivity index (χ1v) is 6.54. The summed E-state index contributed by atoms with van der Waals surface area (Å²) in [7, 11) is 0. The fourth-order valence-electron chi connectivity index (χ4n) is 1.95. The van der Waals surface area contributed by atoms with Crippen molar-refractivity contribution < 1.29 is 9.26 Å². The van der Waals surface area contributed by atoms with Gasteiger partial charge < -0.3 is 15.0 Å². The van der Waals surface area contributed by atoms with Crippen LogP contribution in [-0.2, 0) is 6.61 Å². The van der Waals surface area contributed by atoms with Crippen LogP contribution >= 0.6 is 0 Å². The second kappa shape index (κ2) is 5.01. The molecule has 2 aromatic rings. The Morgan fingerprint density at radius 3 is 2.95 bits per heavy atom. The highest BCUT2D eigenvalue weighted by atomic mass is 16.5. The van der Waals surface area contributed by atoms with Crippen LogP contribution in [0.25, 0.3) is 0 Å². The van der Waals surface area contributed by atoms with E-state index in [1.165, 1.54) is 0 Å². The summed E-state index contributed by atoms with van der Waals surface area (Å²) < 4.78 is 10.9. The summed E-state index contributed by atoms with van der Waals surface area (Å²) in [6.45, 7) is 2.24. The van der Waals surface area contributed by atoms with E-state index in [1.807, 2.05) is 31.2 Å². The molecule has 0 saturated heterocycles. The van der Waals surface area contributed by atoms with Gasteiger partial charge in [0.05, 0.1) is 0 Å². The lowest BCUT2D eigenvalue weighted by molar-refractivity contribution is 0.281. The Bertz CT molecular complexity index is 561.